The Kier molecular flexibility index (Phi) is 9.54. The Hall–Kier alpha value is -5.59. The Labute approximate surface area is 298 Å². The SMILES string of the molecule is O=C(OCC1c2ccccc2-c2ccccc21)N(Cc1ccccc1)[C@@](CS)(C(=O)O)c1cccc(C(c2ccccc2)c2ccccc2)c1. The van der Waals surface area contributed by atoms with Gasteiger partial charge in [-0.1, -0.05) is 164 Å². The summed E-state index contributed by atoms with van der Waals surface area (Å²) in [6.45, 7) is 0.0694. The van der Waals surface area contributed by atoms with E-state index in [1.807, 2.05) is 109 Å². The molecule has 1 aliphatic rings. The second kappa shape index (κ2) is 14.5. The highest BCUT2D eigenvalue weighted by atomic mass is 32.1. The third kappa shape index (κ3) is 6.19. The van der Waals surface area contributed by atoms with Crippen molar-refractivity contribution >= 4 is 24.7 Å². The summed E-state index contributed by atoms with van der Waals surface area (Å²) in [6, 6.07) is 53.5. The van der Waals surface area contributed by atoms with Crippen LogP contribution in [0.15, 0.2) is 164 Å². The molecule has 0 spiro atoms. The zero-order valence-corrected chi connectivity index (χ0v) is 28.3. The molecule has 6 aromatic carbocycles. The van der Waals surface area contributed by atoms with E-state index in [0.717, 1.165) is 44.5 Å². The highest BCUT2D eigenvalue weighted by molar-refractivity contribution is 7.80. The average Bonchev–Trinajstić information content (AvgIpc) is 3.49. The first-order valence-electron chi connectivity index (χ1n) is 16.7. The van der Waals surface area contributed by atoms with Gasteiger partial charge in [-0.15, -0.1) is 0 Å². The molecule has 6 aromatic rings. The number of nitrogens with zero attached hydrogens (tertiary/aromatic N) is 1. The van der Waals surface area contributed by atoms with Crippen molar-refractivity contribution in [2.45, 2.75) is 23.9 Å². The minimum absolute atomic E-state index is 0.00933. The first-order chi connectivity index (χ1) is 24.5. The van der Waals surface area contributed by atoms with Crippen molar-refractivity contribution in [3.8, 4) is 11.1 Å². The summed E-state index contributed by atoms with van der Waals surface area (Å²) in [7, 11) is 0. The lowest BCUT2D eigenvalue weighted by Crippen LogP contribution is -2.56. The average molecular weight is 676 g/mol. The molecule has 1 aliphatic carbocycles. The van der Waals surface area contributed by atoms with E-state index in [4.69, 9.17) is 4.74 Å². The van der Waals surface area contributed by atoms with Gasteiger partial charge in [0.1, 0.15) is 6.61 Å². The number of benzene rings is 6. The van der Waals surface area contributed by atoms with Gasteiger partial charge in [-0.05, 0) is 50.1 Å². The summed E-state index contributed by atoms with van der Waals surface area (Å²) in [5.41, 5.74) is 6.79. The van der Waals surface area contributed by atoms with Crippen molar-refractivity contribution in [1.29, 1.82) is 0 Å². The molecule has 0 aliphatic heterocycles. The van der Waals surface area contributed by atoms with E-state index in [1.165, 1.54) is 4.90 Å². The largest absolute Gasteiger partial charge is 0.479 e. The first kappa shape index (κ1) is 32.9. The monoisotopic (exact) mass is 675 g/mol. The minimum atomic E-state index is -1.85. The molecular weight excluding hydrogens is 639 g/mol. The quantitative estimate of drug-likeness (QED) is 0.106. The molecule has 1 N–H and O–H groups in total. The number of carboxylic acid groups (broad SMARTS) is 1. The number of hydrogen-bond acceptors (Lipinski definition) is 4. The number of aliphatic carboxylic acids is 1. The topological polar surface area (TPSA) is 66.8 Å². The van der Waals surface area contributed by atoms with Crippen LogP contribution in [0.5, 0.6) is 0 Å². The minimum Gasteiger partial charge on any atom is -0.479 e. The molecule has 0 saturated carbocycles. The lowest BCUT2D eigenvalue weighted by atomic mass is 9.81. The summed E-state index contributed by atoms with van der Waals surface area (Å²) < 4.78 is 6.16. The van der Waals surface area contributed by atoms with Gasteiger partial charge in [0.25, 0.3) is 0 Å². The summed E-state index contributed by atoms with van der Waals surface area (Å²) in [4.78, 5) is 29.5. The van der Waals surface area contributed by atoms with Crippen molar-refractivity contribution in [3.63, 3.8) is 0 Å². The standard InChI is InChI=1S/C44H37NO4S/c46-42(47)44(30-50,35-22-14-21-34(27-35)41(32-17-6-2-7-18-32)33-19-8-3-9-20-33)45(28-31-15-4-1-5-16-31)43(48)49-29-40-38-25-12-10-23-36(38)37-24-11-13-26-39(37)40/h1-27,40-41,50H,28-30H2,(H,46,47)/t44-/m1/s1. The molecule has 5 nitrogen and oxygen atoms in total. The van der Waals surface area contributed by atoms with Crippen LogP contribution in [0.1, 0.15) is 50.8 Å². The van der Waals surface area contributed by atoms with Gasteiger partial charge < -0.3 is 9.84 Å². The summed E-state index contributed by atoms with van der Waals surface area (Å²) >= 11 is 4.68. The number of fused-ring (bicyclic) bond motifs is 3. The zero-order chi connectivity index (χ0) is 34.5. The lowest BCUT2D eigenvalue weighted by Gasteiger charge is -2.40. The van der Waals surface area contributed by atoms with Crippen molar-refractivity contribution in [2.24, 2.45) is 0 Å². The molecule has 7 rings (SSSR count). The molecule has 248 valence electrons. The van der Waals surface area contributed by atoms with Crippen LogP contribution in [0.25, 0.3) is 11.1 Å². The van der Waals surface area contributed by atoms with Crippen LogP contribution in [0.3, 0.4) is 0 Å². The van der Waals surface area contributed by atoms with Crippen LogP contribution >= 0.6 is 12.6 Å². The number of ether oxygens (including phenoxy) is 1. The number of carboxylic acids is 1. The number of rotatable bonds is 11. The van der Waals surface area contributed by atoms with Crippen LogP contribution < -0.4 is 0 Å². The first-order valence-corrected chi connectivity index (χ1v) is 17.4. The van der Waals surface area contributed by atoms with Crippen LogP contribution in [0, 0.1) is 0 Å². The van der Waals surface area contributed by atoms with Gasteiger partial charge >= 0.3 is 12.1 Å². The van der Waals surface area contributed by atoms with Crippen molar-refractivity contribution in [1.82, 2.24) is 4.90 Å². The van der Waals surface area contributed by atoms with Gasteiger partial charge in [-0.25, -0.2) is 9.59 Å². The number of carbonyl (C=O) groups is 2. The Morgan fingerprint density at radius 1 is 0.660 bits per heavy atom. The number of carbonyl (C=O) groups excluding carboxylic acids is 1. The van der Waals surface area contributed by atoms with Crippen LogP contribution in [0.4, 0.5) is 4.79 Å². The molecule has 6 heteroatoms. The van der Waals surface area contributed by atoms with Crippen molar-refractivity contribution in [3.05, 3.63) is 203 Å². The molecule has 1 amide bonds. The van der Waals surface area contributed by atoms with E-state index in [1.54, 1.807) is 6.07 Å². The molecule has 0 saturated heterocycles. The molecule has 50 heavy (non-hydrogen) atoms. The fourth-order valence-corrected chi connectivity index (χ4v) is 7.76. The fourth-order valence-electron chi connectivity index (χ4n) is 7.28. The van der Waals surface area contributed by atoms with E-state index in [-0.39, 0.29) is 30.7 Å². The normalized spacial score (nSPS) is 13.2. The van der Waals surface area contributed by atoms with E-state index < -0.39 is 17.6 Å². The van der Waals surface area contributed by atoms with E-state index in [0.29, 0.717) is 5.56 Å². The molecule has 0 aromatic heterocycles. The van der Waals surface area contributed by atoms with Gasteiger partial charge in [-0.2, -0.15) is 12.6 Å². The second-order valence-corrected chi connectivity index (χ2v) is 12.9. The predicted octanol–water partition coefficient (Wildman–Crippen LogP) is 9.53. The molecule has 0 unspecified atom stereocenters. The number of thiol groups is 1. The molecule has 0 bridgehead atoms. The molecule has 0 heterocycles. The van der Waals surface area contributed by atoms with Gasteiger partial charge in [0.2, 0.25) is 0 Å². The smallest absolute Gasteiger partial charge is 0.411 e. The third-order valence-electron chi connectivity index (χ3n) is 9.75. The van der Waals surface area contributed by atoms with Gasteiger partial charge in [0, 0.05) is 17.6 Å². The Balaban J connectivity index is 1.29. The van der Waals surface area contributed by atoms with Crippen LogP contribution in [0.2, 0.25) is 0 Å². The second-order valence-electron chi connectivity index (χ2n) is 12.6. The number of amides is 1. The Morgan fingerprint density at radius 2 is 1.16 bits per heavy atom. The van der Waals surface area contributed by atoms with Gasteiger partial charge in [0.15, 0.2) is 5.54 Å². The maximum absolute atomic E-state index is 14.5. The Bertz CT molecular complexity index is 2020. The molecular formula is C44H37NO4S. The lowest BCUT2D eigenvalue weighted by molar-refractivity contribution is -0.150. The van der Waals surface area contributed by atoms with E-state index in [9.17, 15) is 14.7 Å². The summed E-state index contributed by atoms with van der Waals surface area (Å²) in [6.07, 6.45) is -0.722. The van der Waals surface area contributed by atoms with Gasteiger partial charge in [0.05, 0.1) is 6.54 Å². The highest BCUT2D eigenvalue weighted by Crippen LogP contribution is 2.45. The summed E-state index contributed by atoms with van der Waals surface area (Å²) in [5, 5.41) is 11.2. The van der Waals surface area contributed by atoms with Gasteiger partial charge in [-0.3, -0.25) is 4.90 Å². The molecule has 0 radical (unpaired) electrons. The summed E-state index contributed by atoms with van der Waals surface area (Å²) in [5.74, 6) is -1.71. The van der Waals surface area contributed by atoms with E-state index >= 15 is 0 Å². The molecule has 0 fully saturated rings. The maximum Gasteiger partial charge on any atom is 0.411 e. The van der Waals surface area contributed by atoms with E-state index in [2.05, 4.69) is 61.2 Å². The maximum atomic E-state index is 14.5. The van der Waals surface area contributed by atoms with Crippen LogP contribution in [-0.2, 0) is 21.6 Å². The highest BCUT2D eigenvalue weighted by Gasteiger charge is 2.49. The zero-order valence-electron chi connectivity index (χ0n) is 27.4. The van der Waals surface area contributed by atoms with Crippen LogP contribution in [-0.4, -0.2) is 34.4 Å². The Morgan fingerprint density at radius 3 is 1.70 bits per heavy atom. The molecule has 1 atom stereocenters. The van der Waals surface area contributed by atoms with Crippen molar-refractivity contribution in [2.75, 3.05) is 12.4 Å². The third-order valence-corrected chi connectivity index (χ3v) is 10.2. The van der Waals surface area contributed by atoms with Crippen molar-refractivity contribution < 1.29 is 19.4 Å². The number of hydrogen-bond donors (Lipinski definition) is 2. The predicted molar refractivity (Wildman–Crippen MR) is 200 cm³/mol. The fraction of sp³-hybridized carbons (Fsp3) is 0.136.